The molecular weight excluding hydrogens is 329 g/mol. The molecule has 2 heterocycles. The van der Waals surface area contributed by atoms with Crippen LogP contribution in [0.4, 0.5) is 4.39 Å². The lowest BCUT2D eigenvalue weighted by molar-refractivity contribution is 0.112. The summed E-state index contributed by atoms with van der Waals surface area (Å²) in [5.74, 6) is -0.321. The van der Waals surface area contributed by atoms with Gasteiger partial charge in [-0.1, -0.05) is 42.5 Å². The van der Waals surface area contributed by atoms with E-state index >= 15 is 0 Å². The lowest BCUT2D eigenvalue weighted by Crippen LogP contribution is -2.00. The molecule has 26 heavy (non-hydrogen) atoms. The average Bonchev–Trinajstić information content (AvgIpc) is 2.98. The van der Waals surface area contributed by atoms with Gasteiger partial charge in [-0.3, -0.25) is 4.79 Å². The Morgan fingerprint density at radius 2 is 1.69 bits per heavy atom. The van der Waals surface area contributed by atoms with Crippen LogP contribution in [0.15, 0.2) is 54.6 Å². The first-order valence-electron chi connectivity index (χ1n) is 8.24. The molecule has 0 aliphatic heterocycles. The number of halogens is 1. The van der Waals surface area contributed by atoms with Crippen molar-refractivity contribution in [2.45, 2.75) is 6.92 Å². The molecule has 5 heteroatoms. The van der Waals surface area contributed by atoms with Gasteiger partial charge in [0, 0.05) is 23.7 Å². The van der Waals surface area contributed by atoms with Gasteiger partial charge in [0.15, 0.2) is 11.9 Å². The number of benzene rings is 2. The maximum absolute atomic E-state index is 13.4. The molecule has 0 bridgehead atoms. The van der Waals surface area contributed by atoms with Gasteiger partial charge in [-0.25, -0.2) is 14.1 Å². The predicted molar refractivity (Wildman–Crippen MR) is 99.5 cm³/mol. The molecule has 4 rings (SSSR count). The number of rotatable bonds is 3. The van der Waals surface area contributed by atoms with Crippen LogP contribution in [0, 0.1) is 12.7 Å². The van der Waals surface area contributed by atoms with Gasteiger partial charge in [-0.2, -0.15) is 5.10 Å². The second-order valence-corrected chi connectivity index (χ2v) is 6.15. The van der Waals surface area contributed by atoms with E-state index < -0.39 is 0 Å². The summed E-state index contributed by atoms with van der Waals surface area (Å²) in [5, 5.41) is 5.43. The van der Waals surface area contributed by atoms with Crippen LogP contribution in [0.5, 0.6) is 0 Å². The molecule has 0 aliphatic rings. The van der Waals surface area contributed by atoms with Gasteiger partial charge < -0.3 is 0 Å². The van der Waals surface area contributed by atoms with E-state index in [0.29, 0.717) is 16.9 Å². The summed E-state index contributed by atoms with van der Waals surface area (Å²) in [7, 11) is 1.83. The van der Waals surface area contributed by atoms with Gasteiger partial charge >= 0.3 is 0 Å². The van der Waals surface area contributed by atoms with Crippen LogP contribution < -0.4 is 0 Å². The standard InChI is InChI=1S/C21H16FN3O/c1-13-17(12-26)18(14-8-10-16(22)11-9-14)19-20(15-6-4-3-5-7-15)24-25(2)21(19)23-13/h3-12H,1-2H3. The first-order chi connectivity index (χ1) is 12.6. The van der Waals surface area contributed by atoms with Crippen LogP contribution >= 0.6 is 0 Å². The molecule has 0 saturated heterocycles. The number of carbonyl (C=O) groups is 1. The molecule has 0 spiro atoms. The topological polar surface area (TPSA) is 47.8 Å². The fourth-order valence-corrected chi connectivity index (χ4v) is 3.27. The highest BCUT2D eigenvalue weighted by Crippen LogP contribution is 2.38. The van der Waals surface area contributed by atoms with Crippen molar-refractivity contribution in [3.05, 3.63) is 71.7 Å². The number of aryl methyl sites for hydroxylation is 2. The lowest BCUT2D eigenvalue weighted by atomic mass is 9.94. The highest BCUT2D eigenvalue weighted by Gasteiger charge is 2.21. The third kappa shape index (κ3) is 2.49. The third-order valence-electron chi connectivity index (χ3n) is 4.50. The molecule has 4 nitrogen and oxygen atoms in total. The molecular formula is C21H16FN3O. The highest BCUT2D eigenvalue weighted by atomic mass is 19.1. The van der Waals surface area contributed by atoms with E-state index in [2.05, 4.69) is 10.1 Å². The minimum Gasteiger partial charge on any atom is -0.298 e. The van der Waals surface area contributed by atoms with E-state index in [1.54, 1.807) is 23.7 Å². The summed E-state index contributed by atoms with van der Waals surface area (Å²) < 4.78 is 15.1. The molecule has 0 aliphatic carbocycles. The zero-order chi connectivity index (χ0) is 18.3. The number of hydrogen-bond donors (Lipinski definition) is 0. The second kappa shape index (κ2) is 6.19. The molecule has 0 saturated carbocycles. The van der Waals surface area contributed by atoms with Crippen LogP contribution in [0.3, 0.4) is 0 Å². The molecule has 0 unspecified atom stereocenters. The van der Waals surface area contributed by atoms with Crippen molar-refractivity contribution >= 4 is 17.3 Å². The molecule has 0 radical (unpaired) electrons. The first-order valence-corrected chi connectivity index (χ1v) is 8.24. The molecule has 0 fully saturated rings. The van der Waals surface area contributed by atoms with Gasteiger partial charge in [0.1, 0.15) is 11.5 Å². The van der Waals surface area contributed by atoms with Crippen molar-refractivity contribution in [3.8, 4) is 22.4 Å². The van der Waals surface area contributed by atoms with Crippen LogP contribution in [0.2, 0.25) is 0 Å². The zero-order valence-corrected chi connectivity index (χ0v) is 14.4. The number of carbonyl (C=O) groups excluding carboxylic acids is 1. The van der Waals surface area contributed by atoms with E-state index in [0.717, 1.165) is 34.1 Å². The van der Waals surface area contributed by atoms with Gasteiger partial charge in [-0.05, 0) is 24.6 Å². The molecule has 128 valence electrons. The van der Waals surface area contributed by atoms with Crippen LogP contribution in [0.25, 0.3) is 33.4 Å². The lowest BCUT2D eigenvalue weighted by Gasteiger charge is -2.11. The number of hydrogen-bond acceptors (Lipinski definition) is 3. The van der Waals surface area contributed by atoms with E-state index in [4.69, 9.17) is 0 Å². The minimum absolute atomic E-state index is 0.321. The van der Waals surface area contributed by atoms with Crippen molar-refractivity contribution in [2.75, 3.05) is 0 Å². The number of fused-ring (bicyclic) bond motifs is 1. The van der Waals surface area contributed by atoms with Crippen molar-refractivity contribution in [1.82, 2.24) is 14.8 Å². The van der Waals surface area contributed by atoms with Gasteiger partial charge in [-0.15, -0.1) is 0 Å². The predicted octanol–water partition coefficient (Wildman–Crippen LogP) is 4.56. The van der Waals surface area contributed by atoms with Crippen LogP contribution in [-0.2, 0) is 7.05 Å². The quantitative estimate of drug-likeness (QED) is 0.511. The second-order valence-electron chi connectivity index (χ2n) is 6.15. The Bertz CT molecular complexity index is 1120. The molecule has 2 aromatic heterocycles. The Morgan fingerprint density at radius 3 is 2.35 bits per heavy atom. The Hall–Kier alpha value is -3.34. The third-order valence-corrected chi connectivity index (χ3v) is 4.50. The van der Waals surface area contributed by atoms with E-state index in [-0.39, 0.29) is 5.82 Å². The number of aromatic nitrogens is 3. The molecule has 0 amide bonds. The van der Waals surface area contributed by atoms with E-state index in [1.807, 2.05) is 37.4 Å². The highest BCUT2D eigenvalue weighted by molar-refractivity contribution is 6.08. The summed E-state index contributed by atoms with van der Waals surface area (Å²) in [6.07, 6.45) is 0.808. The summed E-state index contributed by atoms with van der Waals surface area (Å²) in [5.41, 5.74) is 4.97. The van der Waals surface area contributed by atoms with E-state index in [1.165, 1.54) is 12.1 Å². The average molecular weight is 345 g/mol. The summed E-state index contributed by atoms with van der Waals surface area (Å²) in [6, 6.07) is 15.9. The summed E-state index contributed by atoms with van der Waals surface area (Å²) in [6.45, 7) is 1.80. The van der Waals surface area contributed by atoms with Crippen molar-refractivity contribution in [3.63, 3.8) is 0 Å². The summed E-state index contributed by atoms with van der Waals surface area (Å²) in [4.78, 5) is 16.4. The number of nitrogens with zero attached hydrogens (tertiary/aromatic N) is 3. The van der Waals surface area contributed by atoms with Crippen molar-refractivity contribution < 1.29 is 9.18 Å². The summed E-state index contributed by atoms with van der Waals surface area (Å²) >= 11 is 0. The molecule has 4 aromatic rings. The Balaban J connectivity index is 2.16. The van der Waals surface area contributed by atoms with Gasteiger partial charge in [0.2, 0.25) is 0 Å². The fraction of sp³-hybridized carbons (Fsp3) is 0.0952. The smallest absolute Gasteiger partial charge is 0.159 e. The Kier molecular flexibility index (Phi) is 3.84. The normalized spacial score (nSPS) is 11.0. The van der Waals surface area contributed by atoms with Crippen LogP contribution in [0.1, 0.15) is 16.1 Å². The largest absolute Gasteiger partial charge is 0.298 e. The molecule has 0 atom stereocenters. The monoisotopic (exact) mass is 345 g/mol. The maximum atomic E-state index is 13.4. The molecule has 2 aromatic carbocycles. The maximum Gasteiger partial charge on any atom is 0.159 e. The number of pyridine rings is 1. The van der Waals surface area contributed by atoms with E-state index in [9.17, 15) is 9.18 Å². The SMILES string of the molecule is Cc1nc2c(c(-c3ccccc3)nn2C)c(-c2ccc(F)cc2)c1C=O. The van der Waals surface area contributed by atoms with Gasteiger partial charge in [0.05, 0.1) is 11.1 Å². The first kappa shape index (κ1) is 16.1. The minimum atomic E-state index is -0.321. The Morgan fingerprint density at radius 1 is 1.00 bits per heavy atom. The molecule has 0 N–H and O–H groups in total. The van der Waals surface area contributed by atoms with Crippen LogP contribution in [-0.4, -0.2) is 21.1 Å². The van der Waals surface area contributed by atoms with Crippen molar-refractivity contribution in [1.29, 1.82) is 0 Å². The van der Waals surface area contributed by atoms with Crippen molar-refractivity contribution in [2.24, 2.45) is 7.05 Å². The zero-order valence-electron chi connectivity index (χ0n) is 14.4. The Labute approximate surface area is 149 Å². The fourth-order valence-electron chi connectivity index (χ4n) is 3.27. The number of aldehydes is 1. The van der Waals surface area contributed by atoms with Gasteiger partial charge in [0.25, 0.3) is 0 Å².